The summed E-state index contributed by atoms with van der Waals surface area (Å²) in [6.45, 7) is 4.18. The summed E-state index contributed by atoms with van der Waals surface area (Å²) < 4.78 is 42.2. The number of aryl methyl sites for hydroxylation is 1. The molecule has 1 N–H and O–H groups in total. The standard InChI is InChI=1S/C26H27ClF3N5O/c1-16-21(32-24(31-16)17-6-8-18(9-7-17)26(28,29)30)15-34-12-10-20(11-13-34)35-22-5-3-4-19(27)14-23(22)33(2)25(35)36/h4-9,14,20H,3,10-13,15H2,1-2H3,(H,31,32). The van der Waals surface area contributed by atoms with Crippen molar-refractivity contribution in [2.45, 2.75) is 44.9 Å². The molecule has 0 spiro atoms. The molecule has 3 heterocycles. The maximum Gasteiger partial charge on any atom is 0.416 e. The number of rotatable bonds is 4. The summed E-state index contributed by atoms with van der Waals surface area (Å²) in [6.07, 6.45) is 3.83. The van der Waals surface area contributed by atoms with Gasteiger partial charge in [-0.15, -0.1) is 0 Å². The third kappa shape index (κ3) is 4.69. The van der Waals surface area contributed by atoms with Crippen LogP contribution in [0.15, 0.2) is 40.2 Å². The Balaban J connectivity index is 1.29. The van der Waals surface area contributed by atoms with Gasteiger partial charge < -0.3 is 4.98 Å². The Labute approximate surface area is 211 Å². The molecule has 0 radical (unpaired) electrons. The van der Waals surface area contributed by atoms with Gasteiger partial charge in [-0.25, -0.2) is 9.78 Å². The number of H-pyrrole nitrogens is 1. The number of piperidine rings is 1. The van der Waals surface area contributed by atoms with E-state index < -0.39 is 11.7 Å². The van der Waals surface area contributed by atoms with Crippen LogP contribution in [0.3, 0.4) is 0 Å². The lowest BCUT2D eigenvalue weighted by Crippen LogP contribution is -2.41. The lowest BCUT2D eigenvalue weighted by atomic mass is 10.0. The van der Waals surface area contributed by atoms with Crippen molar-refractivity contribution in [3.63, 3.8) is 0 Å². The number of allylic oxidation sites excluding steroid dienone is 2. The fraction of sp³-hybridized carbons (Fsp3) is 0.385. The van der Waals surface area contributed by atoms with E-state index in [9.17, 15) is 18.0 Å². The van der Waals surface area contributed by atoms with Crippen molar-refractivity contribution in [1.29, 1.82) is 0 Å². The minimum atomic E-state index is -4.36. The van der Waals surface area contributed by atoms with Crippen molar-refractivity contribution >= 4 is 23.8 Å². The lowest BCUT2D eigenvalue weighted by molar-refractivity contribution is -0.137. The molecular formula is C26H27ClF3N5O. The smallest absolute Gasteiger partial charge is 0.342 e. The van der Waals surface area contributed by atoms with Crippen LogP contribution in [0.2, 0.25) is 0 Å². The zero-order chi connectivity index (χ0) is 25.6. The number of hydrogen-bond donors (Lipinski definition) is 1. The summed E-state index contributed by atoms with van der Waals surface area (Å²) in [4.78, 5) is 23.2. The second-order valence-electron chi connectivity index (χ2n) is 9.39. The van der Waals surface area contributed by atoms with Crippen molar-refractivity contribution in [2.75, 3.05) is 13.1 Å². The number of imidazole rings is 2. The van der Waals surface area contributed by atoms with Crippen LogP contribution in [0.1, 0.15) is 42.3 Å². The lowest BCUT2D eigenvalue weighted by Gasteiger charge is -2.32. The Morgan fingerprint density at radius 3 is 2.47 bits per heavy atom. The van der Waals surface area contributed by atoms with Crippen LogP contribution in [0.25, 0.3) is 23.5 Å². The predicted molar refractivity (Wildman–Crippen MR) is 134 cm³/mol. The van der Waals surface area contributed by atoms with E-state index in [1.807, 2.05) is 23.6 Å². The molecule has 0 saturated carbocycles. The van der Waals surface area contributed by atoms with Crippen LogP contribution in [0, 0.1) is 6.92 Å². The minimum absolute atomic E-state index is 0.0263. The van der Waals surface area contributed by atoms with E-state index in [0.29, 0.717) is 29.4 Å². The van der Waals surface area contributed by atoms with Gasteiger partial charge in [0.05, 0.1) is 22.0 Å². The molecule has 10 heteroatoms. The van der Waals surface area contributed by atoms with Gasteiger partial charge in [-0.2, -0.15) is 13.2 Å². The summed E-state index contributed by atoms with van der Waals surface area (Å²) in [5.74, 6) is 0.559. The molecule has 2 aliphatic rings. The number of nitrogens with zero attached hydrogens (tertiary/aromatic N) is 4. The molecule has 1 aliphatic heterocycles. The largest absolute Gasteiger partial charge is 0.416 e. The number of fused-ring (bicyclic) bond motifs is 1. The van der Waals surface area contributed by atoms with Crippen molar-refractivity contribution in [2.24, 2.45) is 7.05 Å². The quantitative estimate of drug-likeness (QED) is 0.572. The number of benzene rings is 1. The second kappa shape index (κ2) is 9.44. The molecule has 6 nitrogen and oxygen atoms in total. The van der Waals surface area contributed by atoms with E-state index in [0.717, 1.165) is 60.1 Å². The molecule has 1 aromatic carbocycles. The fourth-order valence-electron chi connectivity index (χ4n) is 5.01. The van der Waals surface area contributed by atoms with E-state index in [1.54, 1.807) is 11.6 Å². The Morgan fingerprint density at radius 2 is 1.81 bits per heavy atom. The number of nitrogens with one attached hydrogen (secondary N) is 1. The molecule has 1 aliphatic carbocycles. The number of halogens is 4. The van der Waals surface area contributed by atoms with E-state index in [1.165, 1.54) is 12.1 Å². The zero-order valence-electron chi connectivity index (χ0n) is 20.1. The Bertz CT molecular complexity index is 1490. The number of aromatic amines is 1. The molecule has 0 unspecified atom stereocenters. The molecule has 190 valence electrons. The highest BCUT2D eigenvalue weighted by Gasteiger charge is 2.30. The maximum atomic E-state index is 13.0. The van der Waals surface area contributed by atoms with Gasteiger partial charge >= 0.3 is 11.9 Å². The summed E-state index contributed by atoms with van der Waals surface area (Å²) in [5, 5.41) is 2.40. The van der Waals surface area contributed by atoms with Crippen LogP contribution in [-0.2, 0) is 19.8 Å². The van der Waals surface area contributed by atoms with Crippen molar-refractivity contribution in [3.8, 4) is 11.4 Å². The van der Waals surface area contributed by atoms with Gasteiger partial charge in [-0.1, -0.05) is 35.9 Å². The summed E-state index contributed by atoms with van der Waals surface area (Å²) >= 11 is 6.24. The van der Waals surface area contributed by atoms with Crippen LogP contribution < -0.4 is 16.4 Å². The predicted octanol–water partition coefficient (Wildman–Crippen LogP) is 3.83. The Hall–Kier alpha value is -3.04. The van der Waals surface area contributed by atoms with Crippen molar-refractivity contribution in [3.05, 3.63) is 73.5 Å². The highest BCUT2D eigenvalue weighted by molar-refractivity contribution is 6.34. The third-order valence-electron chi connectivity index (χ3n) is 7.04. The molecule has 0 atom stereocenters. The average molecular weight is 518 g/mol. The van der Waals surface area contributed by atoms with Crippen molar-refractivity contribution < 1.29 is 13.2 Å². The van der Waals surface area contributed by atoms with Crippen LogP contribution >= 0.6 is 11.6 Å². The number of likely N-dealkylation sites (tertiary alicyclic amines) is 1. The second-order valence-corrected chi connectivity index (χ2v) is 9.83. The van der Waals surface area contributed by atoms with Gasteiger partial charge in [-0.3, -0.25) is 14.0 Å². The number of alkyl halides is 3. The topological polar surface area (TPSA) is 58.9 Å². The van der Waals surface area contributed by atoms with Gasteiger partial charge in [0, 0.05) is 49.0 Å². The first-order chi connectivity index (χ1) is 17.1. The monoisotopic (exact) mass is 517 g/mol. The highest BCUT2D eigenvalue weighted by Crippen LogP contribution is 2.31. The fourth-order valence-corrected chi connectivity index (χ4v) is 5.21. The van der Waals surface area contributed by atoms with Gasteiger partial charge in [0.15, 0.2) is 0 Å². The third-order valence-corrected chi connectivity index (χ3v) is 7.31. The summed E-state index contributed by atoms with van der Waals surface area (Å²) in [6, 6.07) is 5.13. The van der Waals surface area contributed by atoms with E-state index in [2.05, 4.69) is 20.9 Å². The molecule has 0 amide bonds. The molecule has 2 aromatic heterocycles. The molecule has 36 heavy (non-hydrogen) atoms. The number of hydrogen-bond acceptors (Lipinski definition) is 3. The first kappa shape index (κ1) is 24.6. The highest BCUT2D eigenvalue weighted by atomic mass is 35.5. The normalized spacial score (nSPS) is 17.2. The zero-order valence-corrected chi connectivity index (χ0v) is 20.8. The van der Waals surface area contributed by atoms with Gasteiger partial charge in [0.25, 0.3) is 0 Å². The Kier molecular flexibility index (Phi) is 6.46. The molecule has 0 bridgehead atoms. The van der Waals surface area contributed by atoms with Crippen LogP contribution in [0.4, 0.5) is 13.2 Å². The molecule has 3 aromatic rings. The first-order valence-corrected chi connectivity index (χ1v) is 12.3. The van der Waals surface area contributed by atoms with E-state index in [-0.39, 0.29) is 11.7 Å². The van der Waals surface area contributed by atoms with E-state index >= 15 is 0 Å². The molecular weight excluding hydrogens is 491 g/mol. The summed E-state index contributed by atoms with van der Waals surface area (Å²) in [7, 11) is 1.78. The van der Waals surface area contributed by atoms with E-state index in [4.69, 9.17) is 11.6 Å². The molecule has 1 saturated heterocycles. The average Bonchev–Trinajstić information content (AvgIpc) is 3.22. The van der Waals surface area contributed by atoms with Gasteiger partial charge in [0.2, 0.25) is 0 Å². The van der Waals surface area contributed by atoms with Gasteiger partial charge in [-0.05, 0) is 44.4 Å². The first-order valence-electron chi connectivity index (χ1n) is 11.9. The Morgan fingerprint density at radius 1 is 1.11 bits per heavy atom. The van der Waals surface area contributed by atoms with Gasteiger partial charge in [0.1, 0.15) is 5.82 Å². The SMILES string of the molecule is Cc1[nH]c(-c2ccc(C(F)(F)F)cc2)nc1CN1CCC(n2c3c(n(C)c2=O)=CC(Cl)=CCC=3)CC1. The van der Waals surface area contributed by atoms with Crippen molar-refractivity contribution in [1.82, 2.24) is 24.0 Å². The minimum Gasteiger partial charge on any atom is -0.342 e. The van der Waals surface area contributed by atoms with Crippen LogP contribution in [-0.4, -0.2) is 37.1 Å². The maximum absolute atomic E-state index is 13.0. The molecule has 5 rings (SSSR count). The summed E-state index contributed by atoms with van der Waals surface area (Å²) in [5.41, 5.74) is 1.68. The number of aromatic nitrogens is 4. The molecule has 1 fully saturated rings. The van der Waals surface area contributed by atoms with Crippen LogP contribution in [0.5, 0.6) is 0 Å².